The quantitative estimate of drug-likeness (QED) is 0.512. The second kappa shape index (κ2) is 7.97. The van der Waals surface area contributed by atoms with Gasteiger partial charge in [-0.2, -0.15) is 0 Å². The maximum absolute atomic E-state index is 12.4. The van der Waals surface area contributed by atoms with E-state index >= 15 is 0 Å². The largest absolute Gasteiger partial charge is 0.325 e. The molecule has 1 amide bonds. The van der Waals surface area contributed by atoms with E-state index in [4.69, 9.17) is 0 Å². The lowest BCUT2D eigenvalue weighted by Gasteiger charge is -2.10. The molecule has 3 rings (SSSR count). The number of aromatic amines is 1. The van der Waals surface area contributed by atoms with E-state index in [9.17, 15) is 9.59 Å². The number of ketones is 1. The molecule has 0 bridgehead atoms. The zero-order chi connectivity index (χ0) is 18.5. The van der Waals surface area contributed by atoms with Crippen LogP contribution in [0.15, 0.2) is 59.8 Å². The van der Waals surface area contributed by atoms with Crippen LogP contribution in [0.2, 0.25) is 0 Å². The van der Waals surface area contributed by atoms with Gasteiger partial charge in [0.15, 0.2) is 11.6 Å². The van der Waals surface area contributed by atoms with E-state index in [0.717, 1.165) is 5.56 Å². The topological polar surface area (TPSA) is 87.7 Å². The zero-order valence-electron chi connectivity index (χ0n) is 14.4. The summed E-state index contributed by atoms with van der Waals surface area (Å²) in [6.45, 7) is 3.28. The summed E-state index contributed by atoms with van der Waals surface area (Å²) < 4.78 is 0. The first kappa shape index (κ1) is 17.9. The fourth-order valence-corrected chi connectivity index (χ4v) is 3.02. The summed E-state index contributed by atoms with van der Waals surface area (Å²) in [5.74, 6) is 0.439. The molecular weight excluding hydrogens is 348 g/mol. The molecule has 1 atom stereocenters. The molecule has 132 valence electrons. The molecule has 0 spiro atoms. The SMILES string of the molecule is CC(=O)c1cccc(NC(=O)C(C)Sc2n[nH]c(-c3ccccc3)n2)c1. The molecular formula is C19H18N4O2S. The molecule has 2 aromatic carbocycles. The normalized spacial score (nSPS) is 11.8. The van der Waals surface area contributed by atoms with Gasteiger partial charge in [0, 0.05) is 16.8 Å². The van der Waals surface area contributed by atoms with Crippen molar-refractivity contribution in [3.8, 4) is 11.4 Å². The lowest BCUT2D eigenvalue weighted by Crippen LogP contribution is -2.22. The van der Waals surface area contributed by atoms with E-state index in [1.165, 1.54) is 18.7 Å². The Morgan fingerprint density at radius 2 is 1.88 bits per heavy atom. The Labute approximate surface area is 155 Å². The van der Waals surface area contributed by atoms with Crippen molar-refractivity contribution >= 4 is 29.1 Å². The molecule has 2 N–H and O–H groups in total. The van der Waals surface area contributed by atoms with Crippen molar-refractivity contribution in [3.05, 3.63) is 60.2 Å². The summed E-state index contributed by atoms with van der Waals surface area (Å²) in [5, 5.41) is 9.97. The van der Waals surface area contributed by atoms with E-state index in [1.54, 1.807) is 31.2 Å². The van der Waals surface area contributed by atoms with Gasteiger partial charge in [-0.05, 0) is 26.0 Å². The summed E-state index contributed by atoms with van der Waals surface area (Å²) in [4.78, 5) is 28.3. The molecule has 1 heterocycles. The highest BCUT2D eigenvalue weighted by Gasteiger charge is 2.18. The number of carbonyl (C=O) groups is 2. The van der Waals surface area contributed by atoms with Gasteiger partial charge in [-0.15, -0.1) is 5.10 Å². The van der Waals surface area contributed by atoms with Crippen LogP contribution in [0.5, 0.6) is 0 Å². The lowest BCUT2D eigenvalue weighted by atomic mass is 10.1. The number of benzene rings is 2. The number of H-pyrrole nitrogens is 1. The molecule has 0 aliphatic heterocycles. The second-order valence-corrected chi connectivity index (χ2v) is 7.03. The van der Waals surface area contributed by atoms with Crippen molar-refractivity contribution in [1.82, 2.24) is 15.2 Å². The maximum Gasteiger partial charge on any atom is 0.237 e. The number of hydrogen-bond acceptors (Lipinski definition) is 5. The molecule has 7 heteroatoms. The monoisotopic (exact) mass is 366 g/mol. The highest BCUT2D eigenvalue weighted by atomic mass is 32.2. The van der Waals surface area contributed by atoms with Gasteiger partial charge in [0.1, 0.15) is 0 Å². The highest BCUT2D eigenvalue weighted by molar-refractivity contribution is 8.00. The fraction of sp³-hybridized carbons (Fsp3) is 0.158. The molecule has 6 nitrogen and oxygen atoms in total. The van der Waals surface area contributed by atoms with Crippen molar-refractivity contribution in [2.45, 2.75) is 24.3 Å². The van der Waals surface area contributed by atoms with Gasteiger partial charge in [0.05, 0.1) is 5.25 Å². The average Bonchev–Trinajstić information content (AvgIpc) is 3.11. The third-order valence-electron chi connectivity index (χ3n) is 3.70. The third-order valence-corrected chi connectivity index (χ3v) is 4.66. The number of anilines is 1. The minimum absolute atomic E-state index is 0.0438. The predicted octanol–water partition coefficient (Wildman–Crippen LogP) is 3.79. The first-order chi connectivity index (χ1) is 12.5. The Kier molecular flexibility index (Phi) is 5.48. The fourth-order valence-electron chi connectivity index (χ4n) is 2.30. The summed E-state index contributed by atoms with van der Waals surface area (Å²) in [6.07, 6.45) is 0. The lowest BCUT2D eigenvalue weighted by molar-refractivity contribution is -0.115. The van der Waals surface area contributed by atoms with Crippen molar-refractivity contribution in [1.29, 1.82) is 0 Å². The number of hydrogen-bond donors (Lipinski definition) is 2. The number of thioether (sulfide) groups is 1. The number of amides is 1. The van der Waals surface area contributed by atoms with Crippen LogP contribution in [0.3, 0.4) is 0 Å². The third kappa shape index (κ3) is 4.37. The molecule has 0 saturated heterocycles. The van der Waals surface area contributed by atoms with Crippen LogP contribution in [0.1, 0.15) is 24.2 Å². The number of Topliss-reactive ketones (excluding diaryl/α,β-unsaturated/α-hetero) is 1. The maximum atomic E-state index is 12.4. The van der Waals surface area contributed by atoms with Crippen molar-refractivity contribution in [2.24, 2.45) is 0 Å². The summed E-state index contributed by atoms with van der Waals surface area (Å²) in [6, 6.07) is 16.5. The summed E-state index contributed by atoms with van der Waals surface area (Å²) >= 11 is 1.26. The zero-order valence-corrected chi connectivity index (χ0v) is 15.2. The van der Waals surface area contributed by atoms with Gasteiger partial charge < -0.3 is 5.32 Å². The van der Waals surface area contributed by atoms with Crippen LogP contribution in [0, 0.1) is 0 Å². The minimum atomic E-state index is -0.393. The molecule has 0 saturated carbocycles. The van der Waals surface area contributed by atoms with Gasteiger partial charge in [-0.25, -0.2) is 4.98 Å². The Morgan fingerprint density at radius 3 is 2.62 bits per heavy atom. The number of nitrogens with one attached hydrogen (secondary N) is 2. The molecule has 0 radical (unpaired) electrons. The average molecular weight is 366 g/mol. The van der Waals surface area contributed by atoms with Crippen molar-refractivity contribution < 1.29 is 9.59 Å². The minimum Gasteiger partial charge on any atom is -0.325 e. The van der Waals surface area contributed by atoms with Gasteiger partial charge in [0.25, 0.3) is 0 Å². The molecule has 3 aromatic rings. The molecule has 0 fully saturated rings. The van der Waals surface area contributed by atoms with Crippen molar-refractivity contribution in [2.75, 3.05) is 5.32 Å². The predicted molar refractivity (Wildman–Crippen MR) is 102 cm³/mol. The van der Waals surface area contributed by atoms with Crippen LogP contribution >= 0.6 is 11.8 Å². The van der Waals surface area contributed by atoms with Gasteiger partial charge in [-0.3, -0.25) is 14.7 Å². The van der Waals surface area contributed by atoms with Crippen LogP contribution in [-0.2, 0) is 4.79 Å². The van der Waals surface area contributed by atoms with E-state index in [2.05, 4.69) is 20.5 Å². The Bertz CT molecular complexity index is 924. The Hall–Kier alpha value is -2.93. The molecule has 1 aromatic heterocycles. The number of rotatable bonds is 6. The van der Waals surface area contributed by atoms with Crippen molar-refractivity contribution in [3.63, 3.8) is 0 Å². The van der Waals surface area contributed by atoms with Crippen LogP contribution in [-0.4, -0.2) is 32.1 Å². The number of aromatic nitrogens is 3. The Balaban J connectivity index is 1.64. The van der Waals surface area contributed by atoms with Gasteiger partial charge in [0.2, 0.25) is 11.1 Å². The smallest absolute Gasteiger partial charge is 0.237 e. The van der Waals surface area contributed by atoms with E-state index < -0.39 is 5.25 Å². The summed E-state index contributed by atoms with van der Waals surface area (Å²) in [5.41, 5.74) is 2.09. The van der Waals surface area contributed by atoms with E-state index in [0.29, 0.717) is 22.2 Å². The van der Waals surface area contributed by atoms with Gasteiger partial charge in [-0.1, -0.05) is 54.2 Å². The van der Waals surface area contributed by atoms with Crippen LogP contribution in [0.4, 0.5) is 5.69 Å². The Morgan fingerprint density at radius 1 is 1.12 bits per heavy atom. The van der Waals surface area contributed by atoms with E-state index in [-0.39, 0.29) is 11.7 Å². The highest BCUT2D eigenvalue weighted by Crippen LogP contribution is 2.23. The second-order valence-electron chi connectivity index (χ2n) is 5.72. The molecule has 0 aliphatic rings. The van der Waals surface area contributed by atoms with Crippen LogP contribution < -0.4 is 5.32 Å². The first-order valence-corrected chi connectivity index (χ1v) is 8.97. The standard InChI is InChI=1S/C19H18N4O2S/c1-12(24)15-9-6-10-16(11-15)20-18(25)13(2)26-19-21-17(22-23-19)14-7-4-3-5-8-14/h3-11,13H,1-2H3,(H,20,25)(H,21,22,23). The van der Waals surface area contributed by atoms with E-state index in [1.807, 2.05) is 30.3 Å². The first-order valence-electron chi connectivity index (χ1n) is 8.09. The molecule has 26 heavy (non-hydrogen) atoms. The van der Waals surface area contributed by atoms with Crippen LogP contribution in [0.25, 0.3) is 11.4 Å². The molecule has 0 aliphatic carbocycles. The number of nitrogens with zero attached hydrogens (tertiary/aromatic N) is 2. The summed E-state index contributed by atoms with van der Waals surface area (Å²) in [7, 11) is 0. The number of carbonyl (C=O) groups excluding carboxylic acids is 2. The van der Waals surface area contributed by atoms with Gasteiger partial charge >= 0.3 is 0 Å². The molecule has 1 unspecified atom stereocenters.